The van der Waals surface area contributed by atoms with Crippen LogP contribution >= 0.6 is 11.3 Å². The van der Waals surface area contributed by atoms with E-state index in [9.17, 15) is 0 Å². The molecular weight excluding hydrogens is 663 g/mol. The lowest BCUT2D eigenvalue weighted by molar-refractivity contribution is 0.669. The molecule has 0 aliphatic carbocycles. The predicted octanol–water partition coefficient (Wildman–Crippen LogP) is 15.1. The van der Waals surface area contributed by atoms with Crippen molar-refractivity contribution in [3.63, 3.8) is 0 Å². The van der Waals surface area contributed by atoms with E-state index in [-0.39, 0.29) is 0 Å². The second-order valence-electron chi connectivity index (χ2n) is 13.6. The van der Waals surface area contributed by atoms with Gasteiger partial charge in [0.05, 0.1) is 16.8 Å². The van der Waals surface area contributed by atoms with Gasteiger partial charge in [-0.1, -0.05) is 146 Å². The number of nitrogens with zero attached hydrogens (tertiary/aromatic N) is 1. The minimum atomic E-state index is 0.870. The number of benzene rings is 9. The van der Waals surface area contributed by atoms with Crippen LogP contribution in [0.4, 0.5) is 17.1 Å². The van der Waals surface area contributed by atoms with Crippen molar-refractivity contribution in [1.29, 1.82) is 0 Å². The maximum absolute atomic E-state index is 6.48. The number of thiophene rings is 1. The number of anilines is 3. The molecule has 0 saturated heterocycles. The SMILES string of the molecule is c1ccc(-c2cc(N(c3cc4ccccc4c4ccccc34)c3cccc4oc5ccccc5c34)ccc2-c2cccc3c2sc2ccccc23)cc1. The molecule has 0 saturated carbocycles. The van der Waals surface area contributed by atoms with Gasteiger partial charge in [0.1, 0.15) is 11.2 Å². The van der Waals surface area contributed by atoms with E-state index in [1.54, 1.807) is 0 Å². The topological polar surface area (TPSA) is 16.4 Å². The Hall–Kier alpha value is -6.68. The van der Waals surface area contributed by atoms with Crippen molar-refractivity contribution in [2.24, 2.45) is 0 Å². The van der Waals surface area contributed by atoms with Crippen LogP contribution in [0.5, 0.6) is 0 Å². The normalized spacial score (nSPS) is 11.8. The maximum atomic E-state index is 6.48. The highest BCUT2D eigenvalue weighted by molar-refractivity contribution is 7.26. The molecule has 0 radical (unpaired) electrons. The van der Waals surface area contributed by atoms with Crippen molar-refractivity contribution < 1.29 is 4.42 Å². The van der Waals surface area contributed by atoms with Crippen molar-refractivity contribution in [3.05, 3.63) is 188 Å². The Morgan fingerprint density at radius 3 is 1.96 bits per heavy atom. The Kier molecular flexibility index (Phi) is 6.76. The number of hydrogen-bond donors (Lipinski definition) is 0. The molecule has 0 atom stereocenters. The summed E-state index contributed by atoms with van der Waals surface area (Å²) < 4.78 is 9.10. The fraction of sp³-hybridized carbons (Fsp3) is 0. The van der Waals surface area contributed by atoms with Crippen molar-refractivity contribution in [1.82, 2.24) is 0 Å². The summed E-state index contributed by atoms with van der Waals surface area (Å²) in [4.78, 5) is 2.45. The van der Waals surface area contributed by atoms with Gasteiger partial charge in [-0.15, -0.1) is 11.3 Å². The summed E-state index contributed by atoms with van der Waals surface area (Å²) in [5, 5.41) is 9.67. The van der Waals surface area contributed by atoms with Gasteiger partial charge < -0.3 is 9.32 Å². The minimum Gasteiger partial charge on any atom is -0.456 e. The first kappa shape index (κ1) is 30.0. The van der Waals surface area contributed by atoms with E-state index in [1.807, 2.05) is 17.4 Å². The zero-order valence-corrected chi connectivity index (χ0v) is 29.5. The predicted molar refractivity (Wildman–Crippen MR) is 227 cm³/mol. The summed E-state index contributed by atoms with van der Waals surface area (Å²) in [5.41, 5.74) is 9.86. The molecule has 0 amide bonds. The Morgan fingerprint density at radius 2 is 1.08 bits per heavy atom. The van der Waals surface area contributed by atoms with Gasteiger partial charge in [-0.05, 0) is 75.3 Å². The van der Waals surface area contributed by atoms with Crippen LogP contribution in [0.2, 0.25) is 0 Å². The maximum Gasteiger partial charge on any atom is 0.137 e. The lowest BCUT2D eigenvalue weighted by Crippen LogP contribution is -2.11. The van der Waals surface area contributed by atoms with Gasteiger partial charge in [-0.3, -0.25) is 0 Å². The highest BCUT2D eigenvalue weighted by Crippen LogP contribution is 2.49. The number of rotatable bonds is 5. The molecule has 0 N–H and O–H groups in total. The second kappa shape index (κ2) is 11.9. The molecule has 3 heteroatoms. The number of para-hydroxylation sites is 1. The van der Waals surface area contributed by atoms with Gasteiger partial charge in [0.2, 0.25) is 0 Å². The standard InChI is InChI=1S/C50H31NOS/c1-2-14-32(15-3-1)43-31-34(28-29-37(43)40-22-12-23-41-39-20-9-11-27-48(39)53-50(40)41)51(44-24-13-26-47-49(44)42-21-8-10-25-46(42)52-47)45-30-33-16-4-5-17-35(33)36-18-6-7-19-38(36)45/h1-31H. The largest absolute Gasteiger partial charge is 0.456 e. The van der Waals surface area contributed by atoms with Crippen molar-refractivity contribution in [2.45, 2.75) is 0 Å². The number of hydrogen-bond acceptors (Lipinski definition) is 3. The Morgan fingerprint density at radius 1 is 0.396 bits per heavy atom. The average molecular weight is 694 g/mol. The van der Waals surface area contributed by atoms with Crippen LogP contribution < -0.4 is 4.90 Å². The van der Waals surface area contributed by atoms with Gasteiger partial charge in [-0.25, -0.2) is 0 Å². The van der Waals surface area contributed by atoms with Gasteiger partial charge >= 0.3 is 0 Å². The quantitative estimate of drug-likeness (QED) is 0.167. The van der Waals surface area contributed by atoms with E-state index in [2.05, 4.69) is 187 Å². The van der Waals surface area contributed by atoms with Crippen LogP contribution in [0.15, 0.2) is 192 Å². The van der Waals surface area contributed by atoms with Gasteiger partial charge in [0.15, 0.2) is 0 Å². The number of furan rings is 1. The highest BCUT2D eigenvalue weighted by atomic mass is 32.1. The lowest BCUT2D eigenvalue weighted by Gasteiger charge is -2.29. The molecule has 248 valence electrons. The van der Waals surface area contributed by atoms with Crippen molar-refractivity contribution >= 4 is 92.1 Å². The number of fused-ring (bicyclic) bond motifs is 9. The molecule has 11 aromatic rings. The average Bonchev–Trinajstić information content (AvgIpc) is 3.80. The third-order valence-corrected chi connectivity index (χ3v) is 11.9. The van der Waals surface area contributed by atoms with Crippen LogP contribution in [0.3, 0.4) is 0 Å². The summed E-state index contributed by atoms with van der Waals surface area (Å²) in [7, 11) is 0. The highest BCUT2D eigenvalue weighted by Gasteiger charge is 2.24. The molecule has 0 unspecified atom stereocenters. The molecule has 0 fully saturated rings. The molecule has 2 nitrogen and oxygen atoms in total. The molecule has 0 aliphatic rings. The summed E-state index contributed by atoms with van der Waals surface area (Å²) in [6.45, 7) is 0. The molecule has 0 aliphatic heterocycles. The van der Waals surface area contributed by atoms with E-state index < -0.39 is 0 Å². The monoisotopic (exact) mass is 693 g/mol. The zero-order chi connectivity index (χ0) is 34.9. The minimum absolute atomic E-state index is 0.870. The molecule has 0 bridgehead atoms. The first-order valence-corrected chi connectivity index (χ1v) is 18.8. The van der Waals surface area contributed by atoms with Crippen LogP contribution in [-0.4, -0.2) is 0 Å². The molecule has 9 aromatic carbocycles. The molecule has 2 aromatic heterocycles. The van der Waals surface area contributed by atoms with Crippen LogP contribution in [0, 0.1) is 0 Å². The summed E-state index contributed by atoms with van der Waals surface area (Å²) in [6, 6.07) is 68.0. The van der Waals surface area contributed by atoms with Gasteiger partial charge in [0.25, 0.3) is 0 Å². The smallest absolute Gasteiger partial charge is 0.137 e. The van der Waals surface area contributed by atoms with E-state index >= 15 is 0 Å². The van der Waals surface area contributed by atoms with Crippen LogP contribution in [0.25, 0.3) is 85.9 Å². The van der Waals surface area contributed by atoms with E-state index in [1.165, 1.54) is 64.0 Å². The zero-order valence-electron chi connectivity index (χ0n) is 28.7. The fourth-order valence-electron chi connectivity index (χ4n) is 8.29. The van der Waals surface area contributed by atoms with Crippen LogP contribution in [0.1, 0.15) is 0 Å². The van der Waals surface area contributed by atoms with E-state index in [0.29, 0.717) is 0 Å². The summed E-state index contributed by atoms with van der Waals surface area (Å²) in [5.74, 6) is 0. The van der Waals surface area contributed by atoms with Crippen molar-refractivity contribution in [3.8, 4) is 22.3 Å². The van der Waals surface area contributed by atoms with Crippen LogP contribution in [-0.2, 0) is 0 Å². The summed E-state index contributed by atoms with van der Waals surface area (Å²) in [6.07, 6.45) is 0. The van der Waals surface area contributed by atoms with E-state index in [0.717, 1.165) is 39.0 Å². The molecular formula is C50H31NOS. The molecule has 53 heavy (non-hydrogen) atoms. The Bertz CT molecular complexity index is 3190. The fourth-order valence-corrected chi connectivity index (χ4v) is 9.52. The second-order valence-corrected chi connectivity index (χ2v) is 14.7. The molecule has 2 heterocycles. The summed E-state index contributed by atoms with van der Waals surface area (Å²) >= 11 is 1.88. The first-order chi connectivity index (χ1) is 26.3. The third kappa shape index (κ3) is 4.71. The van der Waals surface area contributed by atoms with Gasteiger partial charge in [-0.2, -0.15) is 0 Å². The Labute approximate surface area is 310 Å². The van der Waals surface area contributed by atoms with E-state index in [4.69, 9.17) is 4.42 Å². The van der Waals surface area contributed by atoms with Gasteiger partial charge in [0, 0.05) is 42.2 Å². The Balaban J connectivity index is 1.24. The first-order valence-electron chi connectivity index (χ1n) is 18.0. The molecule has 0 spiro atoms. The third-order valence-electron chi connectivity index (χ3n) is 10.6. The van der Waals surface area contributed by atoms with Crippen molar-refractivity contribution in [2.75, 3.05) is 4.90 Å². The lowest BCUT2D eigenvalue weighted by atomic mass is 9.92. The molecule has 11 rings (SSSR count).